The molecule has 5 heteroatoms. The lowest BCUT2D eigenvalue weighted by molar-refractivity contribution is 0.0159. The number of carbonyl (C=O) groups is 1. The number of nitrogens with zero attached hydrogens (tertiary/aromatic N) is 2. The van der Waals surface area contributed by atoms with Crippen molar-refractivity contribution in [1.82, 2.24) is 9.88 Å². The summed E-state index contributed by atoms with van der Waals surface area (Å²) in [6, 6.07) is 9.67. The van der Waals surface area contributed by atoms with Gasteiger partial charge in [-0.15, -0.1) is 0 Å². The number of ether oxygens (including phenoxy) is 2. The number of fused-ring (bicyclic) bond motifs is 1. The van der Waals surface area contributed by atoms with Crippen LogP contribution in [0.5, 0.6) is 0 Å². The second-order valence-electron chi connectivity index (χ2n) is 7.50. The van der Waals surface area contributed by atoms with Crippen LogP contribution in [0.4, 0.5) is 0 Å². The maximum atomic E-state index is 12.9. The number of rotatable bonds is 4. The largest absolute Gasteiger partial charge is 0.379 e. The van der Waals surface area contributed by atoms with Crippen LogP contribution < -0.4 is 0 Å². The zero-order valence-electron chi connectivity index (χ0n) is 15.3. The van der Waals surface area contributed by atoms with E-state index >= 15 is 0 Å². The highest BCUT2D eigenvalue weighted by atomic mass is 16.5. The Morgan fingerprint density at radius 3 is 3.00 bits per heavy atom. The molecule has 2 saturated heterocycles. The SMILES string of the molecule is CCOC[C@@H]1CC2(CCN(C(=O)c3ccc4ncccc4c3)CC2)CO1. The van der Waals surface area contributed by atoms with E-state index in [4.69, 9.17) is 9.47 Å². The first-order chi connectivity index (χ1) is 12.7. The molecule has 1 aromatic carbocycles. The number of amides is 1. The summed E-state index contributed by atoms with van der Waals surface area (Å²) in [6.07, 6.45) is 5.06. The van der Waals surface area contributed by atoms with Gasteiger partial charge in [0.25, 0.3) is 5.91 Å². The molecule has 138 valence electrons. The number of piperidine rings is 1. The van der Waals surface area contributed by atoms with Crippen molar-refractivity contribution < 1.29 is 14.3 Å². The second kappa shape index (κ2) is 7.33. The summed E-state index contributed by atoms with van der Waals surface area (Å²) in [5.74, 6) is 0.121. The fourth-order valence-corrected chi connectivity index (χ4v) is 4.18. The molecule has 0 bridgehead atoms. The summed E-state index contributed by atoms with van der Waals surface area (Å²) >= 11 is 0. The quantitative estimate of drug-likeness (QED) is 0.845. The average molecular weight is 354 g/mol. The molecule has 2 aliphatic rings. The molecular formula is C21H26N2O3. The number of benzene rings is 1. The third-order valence-corrected chi connectivity index (χ3v) is 5.76. The van der Waals surface area contributed by atoms with Gasteiger partial charge < -0.3 is 14.4 Å². The summed E-state index contributed by atoms with van der Waals surface area (Å²) in [5.41, 5.74) is 1.90. The van der Waals surface area contributed by atoms with Crippen LogP contribution >= 0.6 is 0 Å². The second-order valence-corrected chi connectivity index (χ2v) is 7.50. The van der Waals surface area contributed by atoms with E-state index in [1.165, 1.54) is 0 Å². The van der Waals surface area contributed by atoms with Crippen LogP contribution in [0.1, 0.15) is 36.5 Å². The average Bonchev–Trinajstić information content (AvgIpc) is 3.08. The van der Waals surface area contributed by atoms with Crippen molar-refractivity contribution in [3.8, 4) is 0 Å². The van der Waals surface area contributed by atoms with Crippen molar-refractivity contribution in [2.75, 3.05) is 32.9 Å². The number of aromatic nitrogens is 1. The molecule has 1 atom stereocenters. The molecule has 2 fully saturated rings. The molecule has 0 N–H and O–H groups in total. The lowest BCUT2D eigenvalue weighted by Crippen LogP contribution is -2.43. The Labute approximate surface area is 154 Å². The van der Waals surface area contributed by atoms with Gasteiger partial charge in [-0.1, -0.05) is 6.07 Å². The fourth-order valence-electron chi connectivity index (χ4n) is 4.18. The van der Waals surface area contributed by atoms with Crippen molar-refractivity contribution >= 4 is 16.8 Å². The number of carbonyl (C=O) groups excluding carboxylic acids is 1. The van der Waals surface area contributed by atoms with E-state index in [-0.39, 0.29) is 17.4 Å². The van der Waals surface area contributed by atoms with Gasteiger partial charge >= 0.3 is 0 Å². The molecule has 4 rings (SSSR count). The molecule has 26 heavy (non-hydrogen) atoms. The van der Waals surface area contributed by atoms with Crippen LogP contribution in [0.2, 0.25) is 0 Å². The van der Waals surface area contributed by atoms with Gasteiger partial charge in [-0.3, -0.25) is 9.78 Å². The Bertz CT molecular complexity index is 784. The molecule has 2 aliphatic heterocycles. The molecule has 3 heterocycles. The molecule has 1 amide bonds. The standard InChI is InChI=1S/C21H26N2O3/c1-2-25-14-18-13-21(15-26-18)7-10-23(11-8-21)20(24)17-5-6-19-16(12-17)4-3-9-22-19/h3-6,9,12,18H,2,7-8,10-11,13-15H2,1H3/t18-/m0/s1. The van der Waals surface area contributed by atoms with E-state index in [9.17, 15) is 4.79 Å². The van der Waals surface area contributed by atoms with Crippen LogP contribution in [0.3, 0.4) is 0 Å². The monoisotopic (exact) mass is 354 g/mol. The smallest absolute Gasteiger partial charge is 0.253 e. The zero-order valence-corrected chi connectivity index (χ0v) is 15.3. The van der Waals surface area contributed by atoms with Crippen LogP contribution in [-0.2, 0) is 9.47 Å². The maximum Gasteiger partial charge on any atom is 0.253 e. The minimum absolute atomic E-state index is 0.121. The van der Waals surface area contributed by atoms with E-state index in [0.29, 0.717) is 6.61 Å². The highest BCUT2D eigenvalue weighted by Gasteiger charge is 2.43. The topological polar surface area (TPSA) is 51.7 Å². The van der Waals surface area contributed by atoms with Crippen molar-refractivity contribution in [3.63, 3.8) is 0 Å². The predicted octanol–water partition coefficient (Wildman–Crippen LogP) is 3.28. The van der Waals surface area contributed by atoms with Gasteiger partial charge in [0.05, 0.1) is 24.8 Å². The Morgan fingerprint density at radius 1 is 1.35 bits per heavy atom. The van der Waals surface area contributed by atoms with Crippen molar-refractivity contribution in [2.24, 2.45) is 5.41 Å². The van der Waals surface area contributed by atoms with Gasteiger partial charge in [-0.05, 0) is 55.9 Å². The first kappa shape index (κ1) is 17.4. The number of hydrogen-bond acceptors (Lipinski definition) is 4. The molecule has 0 radical (unpaired) electrons. The number of hydrogen-bond donors (Lipinski definition) is 0. The third kappa shape index (κ3) is 3.46. The zero-order chi connectivity index (χ0) is 18.0. The van der Waals surface area contributed by atoms with E-state index in [2.05, 4.69) is 4.98 Å². The Kier molecular flexibility index (Phi) is 4.92. The summed E-state index contributed by atoms with van der Waals surface area (Å²) < 4.78 is 11.5. The Morgan fingerprint density at radius 2 is 2.19 bits per heavy atom. The number of likely N-dealkylation sites (tertiary alicyclic amines) is 1. The molecule has 5 nitrogen and oxygen atoms in total. The minimum atomic E-state index is 0.121. The molecule has 1 spiro atoms. The van der Waals surface area contributed by atoms with Gasteiger partial charge in [-0.2, -0.15) is 0 Å². The molecule has 0 unspecified atom stereocenters. The van der Waals surface area contributed by atoms with E-state index in [1.54, 1.807) is 6.20 Å². The maximum absolute atomic E-state index is 12.9. The van der Waals surface area contributed by atoms with Gasteiger partial charge in [-0.25, -0.2) is 0 Å². The lowest BCUT2D eigenvalue weighted by Gasteiger charge is -2.38. The van der Waals surface area contributed by atoms with Crippen LogP contribution in [0, 0.1) is 5.41 Å². The lowest BCUT2D eigenvalue weighted by atomic mass is 9.76. The van der Waals surface area contributed by atoms with E-state index in [1.807, 2.05) is 42.2 Å². The van der Waals surface area contributed by atoms with E-state index in [0.717, 1.165) is 62.0 Å². The fraction of sp³-hybridized carbons (Fsp3) is 0.524. The number of pyridine rings is 1. The van der Waals surface area contributed by atoms with Gasteiger partial charge in [0.1, 0.15) is 0 Å². The highest BCUT2D eigenvalue weighted by Crippen LogP contribution is 2.42. The molecule has 2 aromatic rings. The summed E-state index contributed by atoms with van der Waals surface area (Å²) in [6.45, 7) is 5.83. The molecule has 0 saturated carbocycles. The van der Waals surface area contributed by atoms with Gasteiger partial charge in [0, 0.05) is 36.8 Å². The summed E-state index contributed by atoms with van der Waals surface area (Å²) in [4.78, 5) is 19.2. The normalized spacial score (nSPS) is 22.2. The van der Waals surface area contributed by atoms with Crippen molar-refractivity contribution in [2.45, 2.75) is 32.3 Å². The third-order valence-electron chi connectivity index (χ3n) is 5.76. The van der Waals surface area contributed by atoms with Crippen LogP contribution in [0.15, 0.2) is 36.5 Å². The van der Waals surface area contributed by atoms with Crippen LogP contribution in [-0.4, -0.2) is 54.8 Å². The minimum Gasteiger partial charge on any atom is -0.379 e. The van der Waals surface area contributed by atoms with Crippen molar-refractivity contribution in [1.29, 1.82) is 0 Å². The van der Waals surface area contributed by atoms with Gasteiger partial charge in [0.15, 0.2) is 0 Å². The van der Waals surface area contributed by atoms with Gasteiger partial charge in [0.2, 0.25) is 0 Å². The summed E-state index contributed by atoms with van der Waals surface area (Å²) in [5, 5.41) is 1.01. The summed E-state index contributed by atoms with van der Waals surface area (Å²) in [7, 11) is 0. The van der Waals surface area contributed by atoms with Crippen molar-refractivity contribution in [3.05, 3.63) is 42.1 Å². The van der Waals surface area contributed by atoms with Crippen LogP contribution in [0.25, 0.3) is 10.9 Å². The highest BCUT2D eigenvalue weighted by molar-refractivity contribution is 5.98. The predicted molar refractivity (Wildman–Crippen MR) is 100 cm³/mol. The first-order valence-electron chi connectivity index (χ1n) is 9.52. The Balaban J connectivity index is 1.39. The molecule has 0 aliphatic carbocycles. The van der Waals surface area contributed by atoms with E-state index < -0.39 is 0 Å². The molecule has 1 aromatic heterocycles. The molecular weight excluding hydrogens is 328 g/mol. The first-order valence-corrected chi connectivity index (χ1v) is 9.52. The Hall–Kier alpha value is -1.98.